The first-order valence-electron chi connectivity index (χ1n) is 47.4. The van der Waals surface area contributed by atoms with Gasteiger partial charge in [0, 0.05) is 223 Å². The van der Waals surface area contributed by atoms with Crippen molar-refractivity contribution in [3.63, 3.8) is 0 Å². The zero-order chi connectivity index (χ0) is 103. The number of anilines is 8. The molecule has 2 saturated heterocycles. The molecule has 0 spiro atoms. The predicted octanol–water partition coefficient (Wildman–Crippen LogP) is 17.7. The van der Waals surface area contributed by atoms with E-state index in [0.717, 1.165) is 156 Å². The number of nitrogens with zero attached hydrogens (tertiary/aromatic N) is 22. The highest BCUT2D eigenvalue weighted by atomic mass is 19.4. The standard InChI is InChI=1S/C29H27N7O2.C28H30N6O2.C28H29N5O4.C25H26F3N5O3/c1-5-21-10-11-30-29(33-21)7-6-12-36(23-13-24(37-3)16-25(14-23)38-4)22-8-9-26-27(15-22)34-28(18-31-26)20-17-32-35(2)19-20;1-33-19-21(17-31-33)28-18-30-26-7-6-22(15-27(26)32-28)34(12-4-5-20-8-10-29-11-9-20)23-13-24(35-2)16-25(14-23)36-3;1-32-19-20(17-30-32)27-18-29-25-6-5-21(15-26(25)31-27)33(10-4-7-28(34)8-11-37-12-9-28)22-13-23(35-2)16-24(14-22)36-3;1-15(2)33-13-16(11-30-33)23-12-29-21-6-5-17(9-22(21)31-23)32(14-24(34)25(26,27)28)18-7-19(35-3)10-20(8-18)36-4/h8-11,13-19H,5,12H2,1-4H3;6-7,13-20,29H,8-12H2,1-3H3;5-6,13-19,34H,8-12H2,1-3H3;5-13,15,24,34H,14H2,1-4H3/t;;;24-/m...1/s1. The number of hydrogen-bond donors (Lipinski definition) is 3. The molecule has 0 bridgehead atoms. The molecule has 17 aromatic rings. The second kappa shape index (κ2) is 47.4. The summed E-state index contributed by atoms with van der Waals surface area (Å²) < 4.78 is 96.1. The number of aliphatic hydroxyl groups is 2. The maximum absolute atomic E-state index is 13.3. The fraction of sp³-hybridized carbons (Fsp3) is 0.291. The average molecular weight is 1990 g/mol. The Hall–Kier alpha value is -17.1. The lowest BCUT2D eigenvalue weighted by Crippen LogP contribution is -2.39. The molecule has 0 saturated carbocycles. The third-order valence-corrected chi connectivity index (χ3v) is 24.4. The molecular formula is C110H112F3N23O11. The van der Waals surface area contributed by atoms with Gasteiger partial charge in [-0.05, 0) is 131 Å². The number of hydrogen-bond acceptors (Lipinski definition) is 30. The minimum atomic E-state index is -4.80. The first-order valence-corrected chi connectivity index (χ1v) is 47.4. The third-order valence-electron chi connectivity index (χ3n) is 24.4. The van der Waals surface area contributed by atoms with Crippen LogP contribution in [0.5, 0.6) is 46.0 Å². The quantitative estimate of drug-likeness (QED) is 0.0403. The Bertz CT molecular complexity index is 7590. The topological polar surface area (TPSA) is 349 Å². The van der Waals surface area contributed by atoms with Crippen LogP contribution in [0, 0.1) is 41.4 Å². The van der Waals surface area contributed by atoms with E-state index >= 15 is 0 Å². The summed E-state index contributed by atoms with van der Waals surface area (Å²) in [4.78, 5) is 54.0. The first kappa shape index (κ1) is 103. The van der Waals surface area contributed by atoms with Gasteiger partial charge in [-0.25, -0.2) is 29.9 Å². The molecule has 34 nitrogen and oxygen atoms in total. The number of rotatable bonds is 27. The molecule has 9 aromatic heterocycles. The summed E-state index contributed by atoms with van der Waals surface area (Å²) in [7, 11) is 18.3. The van der Waals surface area contributed by atoms with E-state index in [2.05, 4.69) is 125 Å². The monoisotopic (exact) mass is 1990 g/mol. The minimum Gasteiger partial charge on any atom is -0.497 e. The third kappa shape index (κ3) is 26.1. The lowest BCUT2D eigenvalue weighted by molar-refractivity contribution is -0.199. The lowest BCUT2D eigenvalue weighted by Gasteiger charge is -2.29. The minimum absolute atomic E-state index is 0.173. The smallest absolute Gasteiger partial charge is 0.416 e. The summed E-state index contributed by atoms with van der Waals surface area (Å²) in [5, 5.41) is 41.2. The van der Waals surface area contributed by atoms with Crippen LogP contribution in [-0.4, -0.2) is 226 Å². The van der Waals surface area contributed by atoms with Gasteiger partial charge in [-0.15, -0.1) is 0 Å². The van der Waals surface area contributed by atoms with Crippen molar-refractivity contribution in [2.75, 3.05) is 129 Å². The number of aromatic nitrogens is 18. The Morgan fingerprint density at radius 1 is 0.422 bits per heavy atom. The van der Waals surface area contributed by atoms with Crippen LogP contribution in [0.1, 0.15) is 64.0 Å². The maximum atomic E-state index is 13.3. The number of benzene rings is 8. The van der Waals surface area contributed by atoms with Crippen LogP contribution in [0.4, 0.5) is 58.7 Å². The molecule has 0 aliphatic carbocycles. The second-order valence-electron chi connectivity index (χ2n) is 34.8. The molecule has 19 rings (SSSR count). The first-order chi connectivity index (χ1) is 71.2. The van der Waals surface area contributed by atoms with Crippen LogP contribution in [0.3, 0.4) is 0 Å². The Balaban J connectivity index is 0.000000140. The number of nitrogens with one attached hydrogen (secondary N) is 1. The van der Waals surface area contributed by atoms with Crippen LogP contribution in [0.25, 0.3) is 89.2 Å². The molecule has 0 radical (unpaired) electrons. The van der Waals surface area contributed by atoms with Gasteiger partial charge >= 0.3 is 6.18 Å². The summed E-state index contributed by atoms with van der Waals surface area (Å²) in [6.07, 6.45) is 19.9. The maximum Gasteiger partial charge on any atom is 0.416 e. The Labute approximate surface area is 848 Å². The van der Waals surface area contributed by atoms with Gasteiger partial charge in [0.25, 0.3) is 0 Å². The van der Waals surface area contributed by atoms with E-state index in [1.807, 2.05) is 168 Å². The number of fused-ring (bicyclic) bond motifs is 4. The summed E-state index contributed by atoms with van der Waals surface area (Å²) >= 11 is 0. The molecule has 0 unspecified atom stereocenters. The van der Waals surface area contributed by atoms with Crippen LogP contribution in [0.2, 0.25) is 0 Å². The number of alkyl halides is 3. The number of piperidine rings is 1. The van der Waals surface area contributed by atoms with Crippen LogP contribution < -0.4 is 62.8 Å². The van der Waals surface area contributed by atoms with Gasteiger partial charge in [0.05, 0.1) is 213 Å². The fourth-order valence-electron chi connectivity index (χ4n) is 16.3. The highest BCUT2D eigenvalue weighted by molar-refractivity contribution is 5.88. The van der Waals surface area contributed by atoms with Crippen molar-refractivity contribution in [2.24, 2.45) is 27.1 Å². The van der Waals surface area contributed by atoms with Gasteiger partial charge in [0.15, 0.2) is 6.10 Å². The van der Waals surface area contributed by atoms with Gasteiger partial charge in [-0.2, -0.15) is 33.6 Å². The van der Waals surface area contributed by atoms with E-state index in [0.29, 0.717) is 120 Å². The molecule has 3 N–H and O–H groups in total. The van der Waals surface area contributed by atoms with Gasteiger partial charge in [0.2, 0.25) is 5.82 Å². The van der Waals surface area contributed by atoms with Gasteiger partial charge in [0.1, 0.15) is 51.6 Å². The fourth-order valence-corrected chi connectivity index (χ4v) is 16.3. The normalized spacial score (nSPS) is 12.9. The average Bonchev–Trinajstić information content (AvgIpc) is 1.66. The molecule has 37 heteroatoms. The zero-order valence-electron chi connectivity index (χ0n) is 83.9. The Morgan fingerprint density at radius 3 is 1.11 bits per heavy atom. The van der Waals surface area contributed by atoms with Gasteiger partial charge in [-0.3, -0.25) is 38.7 Å². The van der Waals surface area contributed by atoms with Gasteiger partial charge < -0.3 is 77.8 Å². The van der Waals surface area contributed by atoms with Crippen LogP contribution >= 0.6 is 0 Å². The molecular weight excluding hydrogens is 1880 g/mol. The largest absolute Gasteiger partial charge is 0.497 e. The number of halogens is 3. The van der Waals surface area contributed by atoms with E-state index in [1.165, 1.54) is 19.1 Å². The highest BCUT2D eigenvalue weighted by Crippen LogP contribution is 2.42. The molecule has 11 heterocycles. The molecule has 0 amide bonds. The van der Waals surface area contributed by atoms with E-state index in [9.17, 15) is 23.4 Å². The molecule has 2 aliphatic rings. The lowest BCUT2D eigenvalue weighted by atomic mass is 9.95. The van der Waals surface area contributed by atoms with Crippen molar-refractivity contribution in [2.45, 2.75) is 76.8 Å². The molecule has 8 aromatic carbocycles. The van der Waals surface area contributed by atoms with Crippen molar-refractivity contribution in [3.05, 3.63) is 244 Å². The predicted molar refractivity (Wildman–Crippen MR) is 559 cm³/mol. The Kier molecular flexibility index (Phi) is 33.2. The van der Waals surface area contributed by atoms with E-state index in [-0.39, 0.29) is 6.04 Å². The summed E-state index contributed by atoms with van der Waals surface area (Å²) in [6, 6.07) is 47.0. The van der Waals surface area contributed by atoms with Crippen molar-refractivity contribution in [1.82, 2.24) is 94.3 Å². The number of methoxy groups -OCH3 is 8. The number of aliphatic hydroxyl groups excluding tert-OH is 1. The highest BCUT2D eigenvalue weighted by Gasteiger charge is 2.40. The molecule has 1 atom stereocenters. The van der Waals surface area contributed by atoms with Gasteiger partial charge in [-0.1, -0.05) is 36.5 Å². The summed E-state index contributed by atoms with van der Waals surface area (Å²) in [5.74, 6) is 25.4. The number of aryl methyl sites for hydroxylation is 4. The molecule has 2 fully saturated rings. The van der Waals surface area contributed by atoms with Crippen molar-refractivity contribution >= 4 is 89.6 Å². The van der Waals surface area contributed by atoms with Crippen molar-refractivity contribution in [1.29, 1.82) is 0 Å². The second-order valence-corrected chi connectivity index (χ2v) is 34.8. The summed E-state index contributed by atoms with van der Waals surface area (Å²) in [6.45, 7) is 9.62. The van der Waals surface area contributed by atoms with E-state index < -0.39 is 24.4 Å². The van der Waals surface area contributed by atoms with Crippen molar-refractivity contribution in [3.8, 4) is 127 Å². The van der Waals surface area contributed by atoms with Crippen LogP contribution in [-0.2, 0) is 32.3 Å². The summed E-state index contributed by atoms with van der Waals surface area (Å²) in [5.41, 5.74) is 18.1. The molecule has 2 aliphatic heterocycles. The molecule has 754 valence electrons. The van der Waals surface area contributed by atoms with Crippen molar-refractivity contribution < 1.29 is 66.0 Å². The number of ether oxygens (including phenoxy) is 9. The van der Waals surface area contributed by atoms with E-state index in [4.69, 9.17) is 57.6 Å². The van der Waals surface area contributed by atoms with E-state index in [1.54, 1.807) is 154 Å². The SMILES string of the molecule is CCc1ccnc(C#CCN(c2cc(OC)cc(OC)c2)c2ccc3ncc(-c4cnn(C)c4)nc3c2)n1.COc1cc(OC)cc(N(CC#CC2(O)CCOCC2)c2ccc3ncc(-c4cnn(C)c4)nc3c2)c1.COc1cc(OC)cc(N(CC#CC2CCNCC2)c2ccc3ncc(-c4cnn(C)c4)nc3c2)c1.COc1cc(OC)cc(N(C[C@@H](O)C(F)(F)F)c2ccc3ncc(-c4cnn(C(C)C)c4)nc3c2)c1. The Morgan fingerprint density at radius 2 is 0.769 bits per heavy atom. The zero-order valence-corrected chi connectivity index (χ0v) is 83.9. The van der Waals surface area contributed by atoms with Crippen LogP contribution in [0.15, 0.2) is 232 Å². The molecule has 147 heavy (non-hydrogen) atoms.